The lowest BCUT2D eigenvalue weighted by Crippen LogP contribution is -2.27. The summed E-state index contributed by atoms with van der Waals surface area (Å²) in [6, 6.07) is 5.29. The molecule has 0 aliphatic heterocycles. The number of hydrogen-bond donors (Lipinski definition) is 1. The molecule has 0 heterocycles. The van der Waals surface area contributed by atoms with Crippen molar-refractivity contribution in [1.82, 2.24) is 5.32 Å². The molecule has 98 valence electrons. The number of methoxy groups -OCH3 is 1. The second-order valence-corrected chi connectivity index (χ2v) is 3.77. The summed E-state index contributed by atoms with van der Waals surface area (Å²) in [5, 5.41) is 2.62. The number of hydrogen-bond acceptors (Lipinski definition) is 3. The molecule has 0 aliphatic carbocycles. The van der Waals surface area contributed by atoms with Crippen LogP contribution >= 0.6 is 0 Å². The molecule has 1 aromatic rings. The van der Waals surface area contributed by atoms with Crippen molar-refractivity contribution in [2.24, 2.45) is 0 Å². The highest BCUT2D eigenvalue weighted by Crippen LogP contribution is 2.07. The van der Waals surface area contributed by atoms with Crippen LogP contribution in [-0.4, -0.2) is 32.0 Å². The topological polar surface area (TPSA) is 55.4 Å². The zero-order valence-electron chi connectivity index (χ0n) is 10.2. The van der Waals surface area contributed by atoms with Crippen LogP contribution in [0.2, 0.25) is 0 Å². The van der Waals surface area contributed by atoms with Gasteiger partial charge in [-0.3, -0.25) is 9.59 Å². The van der Waals surface area contributed by atoms with Gasteiger partial charge in [0.1, 0.15) is 5.82 Å². The minimum Gasteiger partial charge on any atom is -0.383 e. The molecule has 0 aromatic heterocycles. The zero-order valence-corrected chi connectivity index (χ0v) is 10.2. The van der Waals surface area contributed by atoms with E-state index in [2.05, 4.69) is 5.32 Å². The first kappa shape index (κ1) is 14.3. The van der Waals surface area contributed by atoms with E-state index in [0.29, 0.717) is 18.7 Å². The van der Waals surface area contributed by atoms with E-state index in [1.807, 2.05) is 0 Å². The van der Waals surface area contributed by atoms with Crippen molar-refractivity contribution in [2.45, 2.75) is 12.8 Å². The highest BCUT2D eigenvalue weighted by Gasteiger charge is 2.08. The Balaban J connectivity index is 2.32. The van der Waals surface area contributed by atoms with Crippen LogP contribution in [0.5, 0.6) is 0 Å². The van der Waals surface area contributed by atoms with Crippen molar-refractivity contribution in [3.63, 3.8) is 0 Å². The van der Waals surface area contributed by atoms with Crippen LogP contribution in [0.4, 0.5) is 4.39 Å². The highest BCUT2D eigenvalue weighted by atomic mass is 19.1. The van der Waals surface area contributed by atoms with Crippen LogP contribution in [0.25, 0.3) is 0 Å². The van der Waals surface area contributed by atoms with Gasteiger partial charge in [0, 0.05) is 32.1 Å². The largest absolute Gasteiger partial charge is 0.383 e. The number of rotatable bonds is 7. The number of carbonyl (C=O) groups is 2. The lowest BCUT2D eigenvalue weighted by molar-refractivity contribution is -0.121. The molecule has 1 amide bonds. The lowest BCUT2D eigenvalue weighted by Gasteiger charge is -2.04. The van der Waals surface area contributed by atoms with Gasteiger partial charge in [-0.15, -0.1) is 0 Å². The number of amides is 1. The molecule has 4 nitrogen and oxygen atoms in total. The molecule has 0 unspecified atom stereocenters. The molecular formula is C13H16FNO3. The van der Waals surface area contributed by atoms with E-state index in [4.69, 9.17) is 4.74 Å². The molecule has 0 bridgehead atoms. The van der Waals surface area contributed by atoms with E-state index in [0.717, 1.165) is 0 Å². The first-order chi connectivity index (χ1) is 8.63. The van der Waals surface area contributed by atoms with E-state index in [1.165, 1.54) is 24.3 Å². The summed E-state index contributed by atoms with van der Waals surface area (Å²) in [6.45, 7) is 0.873. The van der Waals surface area contributed by atoms with E-state index in [1.54, 1.807) is 7.11 Å². The van der Waals surface area contributed by atoms with Gasteiger partial charge in [0.15, 0.2) is 5.78 Å². The van der Waals surface area contributed by atoms with Crippen LogP contribution in [-0.2, 0) is 9.53 Å². The highest BCUT2D eigenvalue weighted by molar-refractivity contribution is 5.97. The number of Topliss-reactive ketones (excluding diaryl/α,β-unsaturated/α-hetero) is 1. The second-order valence-electron chi connectivity index (χ2n) is 3.77. The Morgan fingerprint density at radius 2 is 1.89 bits per heavy atom. The van der Waals surface area contributed by atoms with E-state index in [-0.39, 0.29) is 30.3 Å². The average molecular weight is 253 g/mol. The van der Waals surface area contributed by atoms with Crippen LogP contribution < -0.4 is 5.32 Å². The fraction of sp³-hybridized carbons (Fsp3) is 0.385. The molecule has 0 saturated heterocycles. The fourth-order valence-electron chi connectivity index (χ4n) is 1.39. The number of halogens is 1. The predicted molar refractivity (Wildman–Crippen MR) is 64.9 cm³/mol. The summed E-state index contributed by atoms with van der Waals surface area (Å²) in [5.74, 6) is -0.747. The molecule has 5 heteroatoms. The van der Waals surface area contributed by atoms with Gasteiger partial charge < -0.3 is 10.1 Å². The van der Waals surface area contributed by atoms with Crippen molar-refractivity contribution in [3.05, 3.63) is 35.6 Å². The van der Waals surface area contributed by atoms with Gasteiger partial charge in [0.2, 0.25) is 5.91 Å². The summed E-state index contributed by atoms with van der Waals surface area (Å²) >= 11 is 0. The smallest absolute Gasteiger partial charge is 0.220 e. The molecule has 1 aromatic carbocycles. The molecule has 0 spiro atoms. The van der Waals surface area contributed by atoms with Gasteiger partial charge in [0.25, 0.3) is 0 Å². The van der Waals surface area contributed by atoms with E-state index < -0.39 is 0 Å². The molecule has 1 N–H and O–H groups in total. The van der Waals surface area contributed by atoms with Gasteiger partial charge in [-0.2, -0.15) is 0 Å². The Morgan fingerprint density at radius 1 is 1.22 bits per heavy atom. The van der Waals surface area contributed by atoms with Gasteiger partial charge in [-0.25, -0.2) is 4.39 Å². The molecule has 0 aliphatic rings. The van der Waals surface area contributed by atoms with E-state index in [9.17, 15) is 14.0 Å². The maximum Gasteiger partial charge on any atom is 0.220 e. The zero-order chi connectivity index (χ0) is 13.4. The monoisotopic (exact) mass is 253 g/mol. The van der Waals surface area contributed by atoms with Crippen molar-refractivity contribution in [3.8, 4) is 0 Å². The van der Waals surface area contributed by atoms with Gasteiger partial charge in [-0.05, 0) is 24.3 Å². The summed E-state index contributed by atoms with van der Waals surface area (Å²) in [4.78, 5) is 23.0. The van der Waals surface area contributed by atoms with Gasteiger partial charge in [-0.1, -0.05) is 0 Å². The Kier molecular flexibility index (Phi) is 6.00. The van der Waals surface area contributed by atoms with Crippen molar-refractivity contribution >= 4 is 11.7 Å². The van der Waals surface area contributed by atoms with Crippen LogP contribution in [0.3, 0.4) is 0 Å². The number of ketones is 1. The summed E-state index contributed by atoms with van der Waals surface area (Å²) < 4.78 is 17.4. The summed E-state index contributed by atoms with van der Waals surface area (Å²) in [7, 11) is 1.55. The third-order valence-corrected chi connectivity index (χ3v) is 2.37. The van der Waals surface area contributed by atoms with Crippen LogP contribution in [0.15, 0.2) is 24.3 Å². The molecule has 0 atom stereocenters. The predicted octanol–water partition coefficient (Wildman–Crippen LogP) is 1.55. The Bertz CT molecular complexity index is 403. The van der Waals surface area contributed by atoms with E-state index >= 15 is 0 Å². The quantitative estimate of drug-likeness (QED) is 0.592. The normalized spacial score (nSPS) is 10.1. The first-order valence-electron chi connectivity index (χ1n) is 5.68. The summed E-state index contributed by atoms with van der Waals surface area (Å²) in [5.41, 5.74) is 0.418. The lowest BCUT2D eigenvalue weighted by atomic mass is 10.1. The molecule has 0 saturated carbocycles. The maximum absolute atomic E-state index is 12.6. The molecule has 0 fully saturated rings. The van der Waals surface area contributed by atoms with Crippen LogP contribution in [0, 0.1) is 5.82 Å². The molecule has 18 heavy (non-hydrogen) atoms. The second kappa shape index (κ2) is 7.55. The fourth-order valence-corrected chi connectivity index (χ4v) is 1.39. The third kappa shape index (κ3) is 5.05. The maximum atomic E-state index is 12.6. The number of ether oxygens (including phenoxy) is 1. The Hall–Kier alpha value is -1.75. The minimum absolute atomic E-state index is 0.116. The first-order valence-corrected chi connectivity index (χ1v) is 5.68. The van der Waals surface area contributed by atoms with Gasteiger partial charge >= 0.3 is 0 Å². The number of carbonyl (C=O) groups excluding carboxylic acids is 2. The van der Waals surface area contributed by atoms with Gasteiger partial charge in [0.05, 0.1) is 6.61 Å². The van der Waals surface area contributed by atoms with Crippen molar-refractivity contribution in [1.29, 1.82) is 0 Å². The average Bonchev–Trinajstić information content (AvgIpc) is 2.37. The molecule has 0 radical (unpaired) electrons. The summed E-state index contributed by atoms with van der Waals surface area (Å²) in [6.07, 6.45) is 0.240. The van der Waals surface area contributed by atoms with Crippen molar-refractivity contribution in [2.75, 3.05) is 20.3 Å². The Labute approximate surface area is 105 Å². The standard InChI is InChI=1S/C13H16FNO3/c1-18-9-8-15-13(17)7-6-12(16)10-2-4-11(14)5-3-10/h2-5H,6-9H2,1H3,(H,15,17). The third-order valence-electron chi connectivity index (χ3n) is 2.37. The minimum atomic E-state index is -0.385. The number of benzene rings is 1. The van der Waals surface area contributed by atoms with Crippen molar-refractivity contribution < 1.29 is 18.7 Å². The number of nitrogens with one attached hydrogen (secondary N) is 1. The van der Waals surface area contributed by atoms with Crippen LogP contribution in [0.1, 0.15) is 23.2 Å². The SMILES string of the molecule is COCCNC(=O)CCC(=O)c1ccc(F)cc1. The Morgan fingerprint density at radius 3 is 2.50 bits per heavy atom. The molecular weight excluding hydrogens is 237 g/mol. The molecule has 1 rings (SSSR count).